The molecule has 0 saturated carbocycles. The van der Waals surface area contributed by atoms with Gasteiger partial charge in [-0.25, -0.2) is 4.98 Å². The van der Waals surface area contributed by atoms with E-state index in [1.807, 2.05) is 54.3 Å². The van der Waals surface area contributed by atoms with Gasteiger partial charge in [-0.3, -0.25) is 14.6 Å². The van der Waals surface area contributed by atoms with E-state index in [1.54, 1.807) is 7.11 Å². The van der Waals surface area contributed by atoms with E-state index < -0.39 is 0 Å². The number of carbonyl (C=O) groups is 1. The Kier molecular flexibility index (Phi) is 8.15. The molecule has 33 heavy (non-hydrogen) atoms. The number of methoxy groups -OCH3 is 1. The van der Waals surface area contributed by atoms with Gasteiger partial charge in [-0.2, -0.15) is 0 Å². The Bertz CT molecular complexity index is 1050. The number of nitrogens with zero attached hydrogens (tertiary/aromatic N) is 3. The number of aromatic nitrogens is 1. The lowest BCUT2D eigenvalue weighted by Gasteiger charge is -2.27. The minimum Gasteiger partial charge on any atom is -0.497 e. The van der Waals surface area contributed by atoms with Crippen molar-refractivity contribution in [3.63, 3.8) is 0 Å². The van der Waals surface area contributed by atoms with Crippen LogP contribution in [0.5, 0.6) is 11.5 Å². The van der Waals surface area contributed by atoms with Crippen LogP contribution in [0.25, 0.3) is 10.2 Å². The average molecular weight is 470 g/mol. The fraction of sp³-hybridized carbons (Fsp3) is 0.440. The van der Waals surface area contributed by atoms with E-state index >= 15 is 0 Å². The molecule has 1 aliphatic rings. The molecule has 0 N–H and O–H groups in total. The van der Waals surface area contributed by atoms with Crippen molar-refractivity contribution in [1.29, 1.82) is 0 Å². The second kappa shape index (κ2) is 11.4. The molecule has 0 radical (unpaired) electrons. The van der Waals surface area contributed by atoms with Gasteiger partial charge in [0.2, 0.25) is 5.91 Å². The molecule has 0 bridgehead atoms. The highest BCUT2D eigenvalue weighted by atomic mass is 32.1. The number of hydrogen-bond donors (Lipinski definition) is 0. The summed E-state index contributed by atoms with van der Waals surface area (Å²) < 4.78 is 17.3. The van der Waals surface area contributed by atoms with Gasteiger partial charge in [-0.05, 0) is 49.2 Å². The number of carbonyl (C=O) groups excluding carboxylic acids is 1. The lowest BCUT2D eigenvalue weighted by molar-refractivity contribution is -0.118. The Morgan fingerprint density at radius 1 is 1.15 bits per heavy atom. The van der Waals surface area contributed by atoms with Gasteiger partial charge in [0.05, 0.1) is 43.6 Å². The highest BCUT2D eigenvalue weighted by molar-refractivity contribution is 7.22. The normalized spacial score (nSPS) is 14.4. The molecule has 1 aliphatic heterocycles. The molecule has 8 heteroatoms. The van der Waals surface area contributed by atoms with Crippen molar-refractivity contribution in [2.45, 2.75) is 19.8 Å². The van der Waals surface area contributed by atoms with Gasteiger partial charge in [0.15, 0.2) is 5.13 Å². The zero-order valence-corrected chi connectivity index (χ0v) is 20.1. The van der Waals surface area contributed by atoms with Gasteiger partial charge in [-0.1, -0.05) is 23.5 Å². The fourth-order valence-electron chi connectivity index (χ4n) is 3.88. The van der Waals surface area contributed by atoms with Crippen molar-refractivity contribution in [3.05, 3.63) is 48.0 Å². The average Bonchev–Trinajstić information content (AvgIpc) is 3.26. The van der Waals surface area contributed by atoms with Crippen molar-refractivity contribution in [1.82, 2.24) is 9.88 Å². The molecular weight excluding hydrogens is 438 g/mol. The van der Waals surface area contributed by atoms with Gasteiger partial charge in [-0.15, -0.1) is 0 Å². The summed E-state index contributed by atoms with van der Waals surface area (Å²) in [6, 6.07) is 13.5. The first-order valence-electron chi connectivity index (χ1n) is 11.4. The summed E-state index contributed by atoms with van der Waals surface area (Å²) in [5.41, 5.74) is 1.84. The Morgan fingerprint density at radius 3 is 2.64 bits per heavy atom. The summed E-state index contributed by atoms with van der Waals surface area (Å²) >= 11 is 1.54. The Balaban J connectivity index is 1.51. The standard InChI is InChI=1S/C25H31N3O4S/c1-3-32-21-9-10-22-23(18-21)33-25(26-22)28(12-4-11-27-13-15-31-16-14-27)24(29)17-19-5-7-20(30-2)8-6-19/h5-10,18H,3-4,11-17H2,1-2H3. The molecule has 2 aromatic carbocycles. The van der Waals surface area contributed by atoms with E-state index in [9.17, 15) is 4.79 Å². The molecule has 0 unspecified atom stereocenters. The van der Waals surface area contributed by atoms with Crippen LogP contribution in [0.3, 0.4) is 0 Å². The zero-order chi connectivity index (χ0) is 23.0. The maximum atomic E-state index is 13.4. The molecule has 2 heterocycles. The number of fused-ring (bicyclic) bond motifs is 1. The Labute approximate surface area is 198 Å². The van der Waals surface area contributed by atoms with Crippen LogP contribution in [0.4, 0.5) is 5.13 Å². The summed E-state index contributed by atoms with van der Waals surface area (Å²) in [6.07, 6.45) is 1.20. The molecule has 7 nitrogen and oxygen atoms in total. The summed E-state index contributed by atoms with van der Waals surface area (Å²) in [5.74, 6) is 1.65. The fourth-order valence-corrected chi connectivity index (χ4v) is 4.92. The molecule has 1 amide bonds. The predicted octanol–water partition coefficient (Wildman–Crippen LogP) is 4.00. The maximum Gasteiger partial charge on any atom is 0.233 e. The molecule has 1 saturated heterocycles. The van der Waals surface area contributed by atoms with Crippen LogP contribution in [0, 0.1) is 0 Å². The highest BCUT2D eigenvalue weighted by Crippen LogP contribution is 2.32. The third-order valence-corrected chi connectivity index (χ3v) is 6.71. The van der Waals surface area contributed by atoms with Gasteiger partial charge in [0.1, 0.15) is 11.5 Å². The summed E-state index contributed by atoms with van der Waals surface area (Å²) in [5, 5.41) is 0.735. The molecular formula is C25H31N3O4S. The highest BCUT2D eigenvalue weighted by Gasteiger charge is 2.21. The number of amides is 1. The van der Waals surface area contributed by atoms with Gasteiger partial charge >= 0.3 is 0 Å². The van der Waals surface area contributed by atoms with Crippen molar-refractivity contribution >= 4 is 32.6 Å². The Morgan fingerprint density at radius 2 is 1.91 bits per heavy atom. The lowest BCUT2D eigenvalue weighted by atomic mass is 10.1. The Hall–Kier alpha value is -2.68. The molecule has 0 aliphatic carbocycles. The number of ether oxygens (including phenoxy) is 3. The molecule has 4 rings (SSSR count). The third kappa shape index (κ3) is 6.22. The van der Waals surface area contributed by atoms with E-state index in [0.29, 0.717) is 19.6 Å². The molecule has 0 spiro atoms. The van der Waals surface area contributed by atoms with Crippen LogP contribution in [-0.2, 0) is 16.0 Å². The van der Waals surface area contributed by atoms with Crippen molar-refractivity contribution in [2.24, 2.45) is 0 Å². The van der Waals surface area contributed by atoms with E-state index in [2.05, 4.69) is 4.90 Å². The number of thiazole rings is 1. The molecule has 1 fully saturated rings. The van der Waals surface area contributed by atoms with E-state index in [4.69, 9.17) is 19.2 Å². The van der Waals surface area contributed by atoms with E-state index in [-0.39, 0.29) is 5.91 Å². The van der Waals surface area contributed by atoms with Crippen LogP contribution in [0.2, 0.25) is 0 Å². The zero-order valence-electron chi connectivity index (χ0n) is 19.3. The van der Waals surface area contributed by atoms with E-state index in [1.165, 1.54) is 11.3 Å². The second-order valence-electron chi connectivity index (χ2n) is 7.94. The minimum absolute atomic E-state index is 0.0474. The van der Waals surface area contributed by atoms with Gasteiger partial charge in [0, 0.05) is 26.2 Å². The smallest absolute Gasteiger partial charge is 0.233 e. The van der Waals surface area contributed by atoms with Gasteiger partial charge < -0.3 is 14.2 Å². The summed E-state index contributed by atoms with van der Waals surface area (Å²) in [4.78, 5) is 22.4. The lowest BCUT2D eigenvalue weighted by Crippen LogP contribution is -2.39. The second-order valence-corrected chi connectivity index (χ2v) is 8.95. The minimum atomic E-state index is 0.0474. The SMILES string of the molecule is CCOc1ccc2nc(N(CCCN3CCOCC3)C(=O)Cc3ccc(OC)cc3)sc2c1. The monoisotopic (exact) mass is 469 g/mol. The number of anilines is 1. The number of morpholine rings is 1. The van der Waals surface area contributed by atoms with Crippen LogP contribution >= 0.6 is 11.3 Å². The van der Waals surface area contributed by atoms with Crippen LogP contribution < -0.4 is 14.4 Å². The van der Waals surface area contributed by atoms with Crippen molar-refractivity contribution in [2.75, 3.05) is 58.0 Å². The van der Waals surface area contributed by atoms with Crippen molar-refractivity contribution < 1.29 is 19.0 Å². The molecule has 3 aromatic rings. The summed E-state index contributed by atoms with van der Waals surface area (Å²) in [7, 11) is 1.64. The first kappa shape index (κ1) is 23.5. The molecule has 1 aromatic heterocycles. The predicted molar refractivity (Wildman–Crippen MR) is 132 cm³/mol. The first-order chi connectivity index (χ1) is 16.2. The number of benzene rings is 2. The molecule has 0 atom stereocenters. The largest absolute Gasteiger partial charge is 0.497 e. The molecule has 176 valence electrons. The summed E-state index contributed by atoms with van der Waals surface area (Å²) in [6.45, 7) is 7.60. The first-order valence-corrected chi connectivity index (χ1v) is 12.2. The van der Waals surface area contributed by atoms with Crippen LogP contribution in [0.1, 0.15) is 18.9 Å². The maximum absolute atomic E-state index is 13.4. The van der Waals surface area contributed by atoms with E-state index in [0.717, 1.165) is 71.7 Å². The topological polar surface area (TPSA) is 64.1 Å². The van der Waals surface area contributed by atoms with Gasteiger partial charge in [0.25, 0.3) is 0 Å². The van der Waals surface area contributed by atoms with Crippen LogP contribution in [0.15, 0.2) is 42.5 Å². The number of rotatable bonds is 10. The third-order valence-electron chi connectivity index (χ3n) is 5.67. The quantitative estimate of drug-likeness (QED) is 0.447. The van der Waals surface area contributed by atoms with Crippen LogP contribution in [-0.4, -0.2) is 68.9 Å². The van der Waals surface area contributed by atoms with Crippen molar-refractivity contribution in [3.8, 4) is 11.5 Å². The number of hydrogen-bond acceptors (Lipinski definition) is 7.